The van der Waals surface area contributed by atoms with E-state index in [-0.39, 0.29) is 6.10 Å². The molecule has 0 aromatic heterocycles. The summed E-state index contributed by atoms with van der Waals surface area (Å²) in [6.45, 7) is 14.7. The molecule has 144 valence electrons. The zero-order valence-corrected chi connectivity index (χ0v) is 18.9. The number of aliphatic hydroxyl groups is 1. The Kier molecular flexibility index (Phi) is 10.4. The van der Waals surface area contributed by atoms with E-state index in [4.69, 9.17) is 9.47 Å². The molecule has 0 spiro atoms. The molecular weight excluding hydrogens is 332 g/mol. The van der Waals surface area contributed by atoms with Crippen LogP contribution in [0.3, 0.4) is 0 Å². The van der Waals surface area contributed by atoms with Crippen LogP contribution in [0, 0.1) is 0 Å². The maximum absolute atomic E-state index is 10.0. The van der Waals surface area contributed by atoms with Crippen molar-refractivity contribution in [2.45, 2.75) is 102 Å². The fraction of sp³-hybridized carbons (Fsp3) is 1.00. The van der Waals surface area contributed by atoms with E-state index in [9.17, 15) is 5.11 Å². The van der Waals surface area contributed by atoms with Gasteiger partial charge >= 0.3 is 0 Å². The van der Waals surface area contributed by atoms with Gasteiger partial charge in [-0.3, -0.25) is 0 Å². The highest BCUT2D eigenvalue weighted by atomic mass is 28.3. The minimum absolute atomic E-state index is 0.302. The molecule has 0 aromatic rings. The van der Waals surface area contributed by atoms with Crippen molar-refractivity contribution in [1.82, 2.24) is 0 Å². The normalized spacial score (nSPS) is 20.5. The maximum Gasteiger partial charge on any atom is 0.0773 e. The van der Waals surface area contributed by atoms with E-state index in [0.29, 0.717) is 12.7 Å². The molecule has 5 heteroatoms. The number of aliphatic hydroxyl groups excluding tert-OH is 1. The molecule has 0 aliphatic carbocycles. The molecule has 2 unspecified atom stereocenters. The lowest BCUT2D eigenvalue weighted by Gasteiger charge is -2.26. The Hall–Kier alpha value is 0.314. The summed E-state index contributed by atoms with van der Waals surface area (Å²) in [5.74, 6) is 0. The van der Waals surface area contributed by atoms with Crippen LogP contribution in [0.2, 0.25) is 50.9 Å². The third kappa shape index (κ3) is 11.8. The first kappa shape index (κ1) is 22.4. The zero-order chi connectivity index (χ0) is 18.1. The van der Waals surface area contributed by atoms with Gasteiger partial charge in [-0.1, -0.05) is 50.9 Å². The molecule has 0 amide bonds. The summed E-state index contributed by atoms with van der Waals surface area (Å²) < 4.78 is 11.3. The molecule has 1 saturated heterocycles. The highest BCUT2D eigenvalue weighted by Gasteiger charge is 2.24. The lowest BCUT2D eigenvalue weighted by Crippen LogP contribution is -2.30. The van der Waals surface area contributed by atoms with Crippen molar-refractivity contribution in [2.75, 3.05) is 19.8 Å². The highest BCUT2D eigenvalue weighted by Crippen LogP contribution is 2.24. The maximum atomic E-state index is 10.0. The van der Waals surface area contributed by atoms with E-state index in [1.165, 1.54) is 31.0 Å². The Balaban J connectivity index is 1.97. The molecule has 0 aromatic carbocycles. The van der Waals surface area contributed by atoms with E-state index < -0.39 is 16.1 Å². The molecule has 0 radical (unpaired) electrons. The van der Waals surface area contributed by atoms with Crippen molar-refractivity contribution >= 4 is 16.1 Å². The van der Waals surface area contributed by atoms with Crippen LogP contribution in [0.5, 0.6) is 0 Å². The molecule has 1 aliphatic heterocycles. The molecule has 1 N–H and O–H groups in total. The Morgan fingerprint density at radius 3 is 2.46 bits per heavy atom. The largest absolute Gasteiger partial charge is 0.391 e. The van der Waals surface area contributed by atoms with Crippen LogP contribution in [0.15, 0.2) is 0 Å². The average molecular weight is 375 g/mol. The van der Waals surface area contributed by atoms with Crippen molar-refractivity contribution in [3.8, 4) is 0 Å². The monoisotopic (exact) mass is 374 g/mol. The molecule has 1 fully saturated rings. The van der Waals surface area contributed by atoms with Gasteiger partial charge in [0.2, 0.25) is 0 Å². The van der Waals surface area contributed by atoms with Gasteiger partial charge in [0.1, 0.15) is 0 Å². The molecule has 1 rings (SSSR count). The van der Waals surface area contributed by atoms with E-state index in [0.717, 1.165) is 38.9 Å². The molecule has 2 atom stereocenters. The van der Waals surface area contributed by atoms with E-state index in [1.54, 1.807) is 0 Å². The van der Waals surface area contributed by atoms with Crippen LogP contribution in [0.4, 0.5) is 0 Å². The number of ether oxygens (including phenoxy) is 2. The van der Waals surface area contributed by atoms with Crippen molar-refractivity contribution in [1.29, 1.82) is 0 Å². The van der Waals surface area contributed by atoms with Crippen molar-refractivity contribution in [3.63, 3.8) is 0 Å². The Morgan fingerprint density at radius 2 is 1.83 bits per heavy atom. The topological polar surface area (TPSA) is 38.7 Å². The molecule has 24 heavy (non-hydrogen) atoms. The quantitative estimate of drug-likeness (QED) is 0.358. The molecule has 3 nitrogen and oxygen atoms in total. The van der Waals surface area contributed by atoms with Gasteiger partial charge in [0.15, 0.2) is 0 Å². The summed E-state index contributed by atoms with van der Waals surface area (Å²) in [5, 5.41) is 10.0. The standard InChI is InChI=1S/C19H42O3Si2/c1-23(2,3)15-16-24(4,5)14-8-12-21-17-18(20)9-6-10-19-11-7-13-22-19/h18-20H,6-17H2,1-5H3. The summed E-state index contributed by atoms with van der Waals surface area (Å²) in [7, 11) is -1.95. The first-order chi connectivity index (χ1) is 11.2. The fourth-order valence-corrected chi connectivity index (χ4v) is 10.3. The Labute approximate surface area is 152 Å². The second-order valence-corrected chi connectivity index (χ2v) is 20.6. The second-order valence-electron chi connectivity index (χ2n) is 9.62. The average Bonchev–Trinajstić information content (AvgIpc) is 2.97. The van der Waals surface area contributed by atoms with Crippen LogP contribution < -0.4 is 0 Å². The third-order valence-electron chi connectivity index (χ3n) is 5.09. The first-order valence-corrected chi connectivity index (χ1v) is 17.2. The summed E-state index contributed by atoms with van der Waals surface area (Å²) in [5.41, 5.74) is 0. The molecule has 0 bridgehead atoms. The van der Waals surface area contributed by atoms with Gasteiger partial charge in [0, 0.05) is 29.4 Å². The van der Waals surface area contributed by atoms with E-state index >= 15 is 0 Å². The third-order valence-corrected chi connectivity index (χ3v) is 10.7. The Morgan fingerprint density at radius 1 is 1.08 bits per heavy atom. The summed E-state index contributed by atoms with van der Waals surface area (Å²) >= 11 is 0. The van der Waals surface area contributed by atoms with Crippen LogP contribution in [-0.4, -0.2) is 53.3 Å². The summed E-state index contributed by atoms with van der Waals surface area (Å²) in [4.78, 5) is 0. The minimum Gasteiger partial charge on any atom is -0.391 e. The van der Waals surface area contributed by atoms with Crippen LogP contribution in [-0.2, 0) is 9.47 Å². The predicted octanol–water partition coefficient (Wildman–Crippen LogP) is 5.15. The fourth-order valence-electron chi connectivity index (χ4n) is 3.25. The van der Waals surface area contributed by atoms with Crippen molar-refractivity contribution in [3.05, 3.63) is 0 Å². The SMILES string of the molecule is C[Si](C)(C)CC[Si](C)(C)CCCOCC(O)CCCC1CCCO1. The lowest BCUT2D eigenvalue weighted by molar-refractivity contribution is 0.0283. The molecule has 1 heterocycles. The summed E-state index contributed by atoms with van der Waals surface area (Å²) in [6, 6.07) is 4.29. The predicted molar refractivity (Wildman–Crippen MR) is 110 cm³/mol. The molecule has 0 saturated carbocycles. The van der Waals surface area contributed by atoms with Gasteiger partial charge in [-0.2, -0.15) is 0 Å². The van der Waals surface area contributed by atoms with Gasteiger partial charge < -0.3 is 14.6 Å². The van der Waals surface area contributed by atoms with E-state index in [1.807, 2.05) is 0 Å². The number of hydrogen-bond acceptors (Lipinski definition) is 3. The van der Waals surface area contributed by atoms with Gasteiger partial charge in [0.25, 0.3) is 0 Å². The lowest BCUT2D eigenvalue weighted by atomic mass is 10.1. The first-order valence-electron chi connectivity index (χ1n) is 10.1. The van der Waals surface area contributed by atoms with Gasteiger partial charge in [-0.05, 0) is 38.5 Å². The van der Waals surface area contributed by atoms with Crippen LogP contribution >= 0.6 is 0 Å². The highest BCUT2D eigenvalue weighted by molar-refractivity contribution is 6.82. The Bertz CT molecular complexity index is 323. The number of hydrogen-bond donors (Lipinski definition) is 1. The van der Waals surface area contributed by atoms with Gasteiger partial charge in [-0.15, -0.1) is 0 Å². The minimum atomic E-state index is -1.05. The van der Waals surface area contributed by atoms with Gasteiger partial charge in [0.05, 0.1) is 18.8 Å². The van der Waals surface area contributed by atoms with Crippen LogP contribution in [0.1, 0.15) is 38.5 Å². The smallest absolute Gasteiger partial charge is 0.0773 e. The van der Waals surface area contributed by atoms with Gasteiger partial charge in [-0.25, -0.2) is 0 Å². The number of rotatable bonds is 13. The molecular formula is C19H42O3Si2. The van der Waals surface area contributed by atoms with Crippen molar-refractivity contribution < 1.29 is 14.6 Å². The summed E-state index contributed by atoms with van der Waals surface area (Å²) in [6.07, 6.45) is 6.69. The van der Waals surface area contributed by atoms with Crippen molar-refractivity contribution in [2.24, 2.45) is 0 Å². The molecule has 1 aliphatic rings. The van der Waals surface area contributed by atoms with E-state index in [2.05, 4.69) is 32.7 Å². The van der Waals surface area contributed by atoms with Crippen LogP contribution in [0.25, 0.3) is 0 Å². The zero-order valence-electron chi connectivity index (χ0n) is 16.9. The second kappa shape index (κ2) is 11.1.